The van der Waals surface area contributed by atoms with Crippen molar-refractivity contribution in [2.24, 2.45) is 0 Å². The third kappa shape index (κ3) is 1.96. The van der Waals surface area contributed by atoms with Gasteiger partial charge in [0.15, 0.2) is 0 Å². The lowest BCUT2D eigenvalue weighted by Gasteiger charge is -2.18. The summed E-state index contributed by atoms with van der Waals surface area (Å²) in [5, 5.41) is 0. The van der Waals surface area contributed by atoms with Gasteiger partial charge in [0.25, 0.3) is 0 Å². The Kier molecular flexibility index (Phi) is 3.32. The van der Waals surface area contributed by atoms with Gasteiger partial charge >= 0.3 is 5.69 Å². The Labute approximate surface area is 106 Å². The van der Waals surface area contributed by atoms with E-state index in [1.807, 2.05) is 44.7 Å². The molecule has 0 spiro atoms. The van der Waals surface area contributed by atoms with Gasteiger partial charge in [-0.25, -0.2) is 9.20 Å². The molecule has 18 heavy (non-hydrogen) atoms. The molecule has 5 heteroatoms. The molecule has 0 atom stereocenters. The van der Waals surface area contributed by atoms with E-state index >= 15 is 0 Å². The number of rotatable bonds is 3. The molecule has 5 nitrogen and oxygen atoms in total. The van der Waals surface area contributed by atoms with Crippen molar-refractivity contribution in [2.75, 3.05) is 18.0 Å². The molecule has 0 aliphatic rings. The van der Waals surface area contributed by atoms with Crippen molar-refractivity contribution in [1.29, 1.82) is 0 Å². The van der Waals surface area contributed by atoms with Crippen LogP contribution in [0.3, 0.4) is 0 Å². The van der Waals surface area contributed by atoms with Crippen LogP contribution in [0, 0.1) is 13.8 Å². The average Bonchev–Trinajstić information content (AvgIpc) is 2.35. The molecule has 0 saturated heterocycles. The zero-order valence-electron chi connectivity index (χ0n) is 11.3. The number of hydrogen-bond donors (Lipinski definition) is 0. The highest BCUT2D eigenvalue weighted by Gasteiger charge is 2.11. The van der Waals surface area contributed by atoms with E-state index in [9.17, 15) is 4.79 Å². The van der Waals surface area contributed by atoms with E-state index in [-0.39, 0.29) is 5.69 Å². The minimum Gasteiger partial charge on any atom is -0.341 e. The predicted octanol–water partition coefficient (Wildman–Crippen LogP) is 1.55. The Balaban J connectivity index is 2.77. The standard InChI is InChI=1S/C13H18N4O/c1-5-16(6-2)12-14-11-9(3)7-8-10(4)17(11)13(18)15-12/h7-8H,5-6H2,1-4H3. The van der Waals surface area contributed by atoms with Gasteiger partial charge < -0.3 is 4.90 Å². The second kappa shape index (κ2) is 4.76. The van der Waals surface area contributed by atoms with Crippen molar-refractivity contribution >= 4 is 11.6 Å². The van der Waals surface area contributed by atoms with Gasteiger partial charge in [0, 0.05) is 18.8 Å². The molecule has 0 aromatic carbocycles. The lowest BCUT2D eigenvalue weighted by atomic mass is 10.2. The van der Waals surface area contributed by atoms with Crippen LogP contribution in [0.2, 0.25) is 0 Å². The summed E-state index contributed by atoms with van der Waals surface area (Å²) >= 11 is 0. The number of hydrogen-bond acceptors (Lipinski definition) is 4. The topological polar surface area (TPSA) is 50.5 Å². The normalized spacial score (nSPS) is 10.9. The van der Waals surface area contributed by atoms with E-state index < -0.39 is 0 Å². The minimum atomic E-state index is -0.261. The van der Waals surface area contributed by atoms with Gasteiger partial charge in [-0.15, -0.1) is 0 Å². The molecule has 0 amide bonds. The second-order valence-corrected chi connectivity index (χ2v) is 4.30. The molecule has 96 valence electrons. The van der Waals surface area contributed by atoms with Gasteiger partial charge in [0.05, 0.1) is 0 Å². The van der Waals surface area contributed by atoms with Crippen molar-refractivity contribution in [3.63, 3.8) is 0 Å². The molecule has 0 aliphatic heterocycles. The third-order valence-electron chi connectivity index (χ3n) is 3.13. The van der Waals surface area contributed by atoms with Crippen molar-refractivity contribution in [2.45, 2.75) is 27.7 Å². The first-order valence-electron chi connectivity index (χ1n) is 6.20. The number of nitrogens with zero attached hydrogens (tertiary/aromatic N) is 4. The van der Waals surface area contributed by atoms with Gasteiger partial charge in [-0.3, -0.25) is 0 Å². The van der Waals surface area contributed by atoms with E-state index in [1.54, 1.807) is 4.40 Å². The molecule has 2 heterocycles. The highest BCUT2D eigenvalue weighted by Crippen LogP contribution is 2.11. The van der Waals surface area contributed by atoms with E-state index in [4.69, 9.17) is 0 Å². The fraction of sp³-hybridized carbons (Fsp3) is 0.462. The summed E-state index contributed by atoms with van der Waals surface area (Å²) in [7, 11) is 0. The second-order valence-electron chi connectivity index (χ2n) is 4.30. The lowest BCUT2D eigenvalue weighted by molar-refractivity contribution is 0.793. The largest absolute Gasteiger partial charge is 0.356 e. The Bertz CT molecular complexity index is 629. The molecular weight excluding hydrogens is 228 g/mol. The fourth-order valence-corrected chi connectivity index (χ4v) is 2.02. The monoisotopic (exact) mass is 246 g/mol. The summed E-state index contributed by atoms with van der Waals surface area (Å²) in [4.78, 5) is 22.7. The molecule has 2 aromatic rings. The average molecular weight is 246 g/mol. The Hall–Kier alpha value is -1.91. The Morgan fingerprint density at radius 2 is 1.83 bits per heavy atom. The molecule has 0 radical (unpaired) electrons. The van der Waals surface area contributed by atoms with Crippen molar-refractivity contribution in [1.82, 2.24) is 14.4 Å². The molecule has 0 bridgehead atoms. The predicted molar refractivity (Wildman–Crippen MR) is 72.3 cm³/mol. The van der Waals surface area contributed by atoms with E-state index in [2.05, 4.69) is 9.97 Å². The van der Waals surface area contributed by atoms with Crippen molar-refractivity contribution in [3.8, 4) is 0 Å². The van der Waals surface area contributed by atoms with Crippen LogP contribution in [-0.4, -0.2) is 27.5 Å². The van der Waals surface area contributed by atoms with Crippen molar-refractivity contribution in [3.05, 3.63) is 33.9 Å². The lowest BCUT2D eigenvalue weighted by Crippen LogP contribution is -2.30. The summed E-state index contributed by atoms with van der Waals surface area (Å²) in [6, 6.07) is 3.88. The van der Waals surface area contributed by atoms with Gasteiger partial charge in [0.1, 0.15) is 5.65 Å². The molecule has 2 aromatic heterocycles. The zero-order chi connectivity index (χ0) is 13.3. The first kappa shape index (κ1) is 12.5. The van der Waals surface area contributed by atoms with Crippen LogP contribution in [0.4, 0.5) is 5.95 Å². The molecular formula is C13H18N4O. The number of fused-ring (bicyclic) bond motifs is 1. The van der Waals surface area contributed by atoms with Gasteiger partial charge in [-0.05, 0) is 39.3 Å². The van der Waals surface area contributed by atoms with Crippen LogP contribution in [0.15, 0.2) is 16.9 Å². The maximum absolute atomic E-state index is 12.1. The van der Waals surface area contributed by atoms with Crippen LogP contribution >= 0.6 is 0 Å². The SMILES string of the molecule is CCN(CC)c1nc(=O)n2c(C)ccc(C)c2n1. The number of pyridine rings is 1. The summed E-state index contributed by atoms with van der Waals surface area (Å²) in [5.74, 6) is 0.513. The molecule has 0 fully saturated rings. The van der Waals surface area contributed by atoms with Gasteiger partial charge in [-0.1, -0.05) is 6.07 Å². The van der Waals surface area contributed by atoms with Crippen LogP contribution < -0.4 is 10.6 Å². The summed E-state index contributed by atoms with van der Waals surface area (Å²) in [6.45, 7) is 9.46. The smallest absolute Gasteiger partial charge is 0.341 e. The molecule has 0 aliphatic carbocycles. The first-order chi connectivity index (χ1) is 8.58. The van der Waals surface area contributed by atoms with E-state index in [0.717, 1.165) is 24.3 Å². The minimum absolute atomic E-state index is 0.261. The molecule has 0 saturated carbocycles. The molecule has 0 unspecified atom stereocenters. The van der Waals surface area contributed by atoms with E-state index in [1.165, 1.54) is 0 Å². The fourth-order valence-electron chi connectivity index (χ4n) is 2.02. The van der Waals surface area contributed by atoms with Crippen LogP contribution in [-0.2, 0) is 0 Å². The Morgan fingerprint density at radius 1 is 1.17 bits per heavy atom. The number of aryl methyl sites for hydroxylation is 2. The third-order valence-corrected chi connectivity index (χ3v) is 3.13. The summed E-state index contributed by atoms with van der Waals surface area (Å²) < 4.78 is 1.56. The quantitative estimate of drug-likeness (QED) is 0.824. The zero-order valence-corrected chi connectivity index (χ0v) is 11.3. The van der Waals surface area contributed by atoms with Crippen LogP contribution in [0.1, 0.15) is 25.1 Å². The maximum Gasteiger partial charge on any atom is 0.356 e. The summed E-state index contributed by atoms with van der Waals surface area (Å²) in [6.07, 6.45) is 0. The number of anilines is 1. The van der Waals surface area contributed by atoms with Crippen LogP contribution in [0.25, 0.3) is 5.65 Å². The van der Waals surface area contributed by atoms with Crippen LogP contribution in [0.5, 0.6) is 0 Å². The first-order valence-corrected chi connectivity index (χ1v) is 6.20. The molecule has 2 rings (SSSR count). The van der Waals surface area contributed by atoms with E-state index in [0.29, 0.717) is 11.6 Å². The molecule has 0 N–H and O–H groups in total. The highest BCUT2D eigenvalue weighted by molar-refractivity contribution is 5.51. The Morgan fingerprint density at radius 3 is 2.44 bits per heavy atom. The summed E-state index contributed by atoms with van der Waals surface area (Å²) in [5.41, 5.74) is 2.26. The van der Waals surface area contributed by atoms with Gasteiger partial charge in [0.2, 0.25) is 5.95 Å². The highest BCUT2D eigenvalue weighted by atomic mass is 16.1. The van der Waals surface area contributed by atoms with Crippen molar-refractivity contribution < 1.29 is 0 Å². The number of aromatic nitrogens is 3. The maximum atomic E-state index is 12.1. The van der Waals surface area contributed by atoms with Gasteiger partial charge in [-0.2, -0.15) is 9.97 Å².